The molecule has 0 unspecified atom stereocenters. The van der Waals surface area contributed by atoms with Gasteiger partial charge in [-0.2, -0.15) is 0 Å². The van der Waals surface area contributed by atoms with Crippen molar-refractivity contribution in [2.45, 2.75) is 297 Å². The van der Waals surface area contributed by atoms with Crippen LogP contribution in [0.25, 0.3) is 32.3 Å². The van der Waals surface area contributed by atoms with E-state index in [0.29, 0.717) is 0 Å². The second kappa shape index (κ2) is 134. The molecule has 0 aliphatic carbocycles. The van der Waals surface area contributed by atoms with Gasteiger partial charge >= 0.3 is 0 Å². The highest BCUT2D eigenvalue weighted by molar-refractivity contribution is 5.94. The normalized spacial score (nSPS) is 7.50. The quantitative estimate of drug-likeness (QED) is 0.162. The minimum Gasteiger partial charge on any atom is -0.295 e. The fourth-order valence-corrected chi connectivity index (χ4v) is 7.42. The lowest BCUT2D eigenvalue weighted by Crippen LogP contribution is -1.88. The molecule has 0 amide bonds. The fraction of sp³-hybridized carbons (Fsp3) is 0.368. The van der Waals surface area contributed by atoms with Gasteiger partial charge in [0, 0.05) is 11.1 Å². The fourth-order valence-electron chi connectivity index (χ4n) is 7.42. The monoisotopic (exact) mass is 1620 g/mol. The highest BCUT2D eigenvalue weighted by Gasteiger charge is 1.94. The molecule has 13 aromatic carbocycles. The summed E-state index contributed by atoms with van der Waals surface area (Å²) in [4.78, 5) is 21.3. The van der Waals surface area contributed by atoms with E-state index in [1.54, 1.807) is 13.8 Å². The van der Waals surface area contributed by atoms with Crippen LogP contribution in [-0.4, -0.2) is 11.6 Å². The van der Waals surface area contributed by atoms with Gasteiger partial charge in [-0.1, -0.05) is 634 Å². The molecule has 13 aromatic rings. The topological polar surface area (TPSA) is 34.1 Å². The molecular weight excluding hydrogens is 1440 g/mol. The van der Waals surface area contributed by atoms with Crippen molar-refractivity contribution in [3.8, 4) is 0 Å². The maximum Gasteiger partial charge on any atom is 0.159 e. The number of fused-ring (bicyclic) bond motifs is 3. The summed E-state index contributed by atoms with van der Waals surface area (Å²) in [6, 6.07) is 120. The Bertz CT molecular complexity index is 3100. The number of ketones is 2. The van der Waals surface area contributed by atoms with Crippen LogP contribution in [0.4, 0.5) is 0 Å². The summed E-state index contributed by atoms with van der Waals surface area (Å²) < 4.78 is 0. The minimum atomic E-state index is 0.121. The lowest BCUT2D eigenvalue weighted by Gasteiger charge is -1.92. The van der Waals surface area contributed by atoms with Gasteiger partial charge in [0.1, 0.15) is 0 Å². The third-order valence-corrected chi connectivity index (χ3v) is 12.0. The molecule has 2 heteroatoms. The molecule has 0 bridgehead atoms. The van der Waals surface area contributed by atoms with Gasteiger partial charge in [0.2, 0.25) is 0 Å². The lowest BCUT2D eigenvalue weighted by atomic mass is 10.1. The zero-order chi connectivity index (χ0) is 94.8. The van der Waals surface area contributed by atoms with Crippen molar-refractivity contribution in [3.63, 3.8) is 0 Å². The molecule has 0 atom stereocenters. The molecule has 0 aliphatic heterocycles. The Balaban J connectivity index is -0.0000000824. The smallest absolute Gasteiger partial charge is 0.159 e. The van der Waals surface area contributed by atoms with E-state index in [-0.39, 0.29) is 11.6 Å². The largest absolute Gasteiger partial charge is 0.295 e. The van der Waals surface area contributed by atoms with Crippen LogP contribution in [0.5, 0.6) is 0 Å². The van der Waals surface area contributed by atoms with E-state index in [4.69, 9.17) is 0 Å². The molecular formula is C117H186O2. The third kappa shape index (κ3) is 104. The predicted molar refractivity (Wildman–Crippen MR) is 563 cm³/mol. The number of rotatable bonds is 2. The molecule has 0 aromatic heterocycles. The first-order valence-corrected chi connectivity index (χ1v) is 45.8. The van der Waals surface area contributed by atoms with Crippen molar-refractivity contribution in [2.75, 3.05) is 0 Å². The predicted octanol–water partition coefficient (Wildman–Crippen LogP) is 40.5. The van der Waals surface area contributed by atoms with E-state index in [2.05, 4.69) is 269 Å². The number of hydrogen-bond acceptors (Lipinski definition) is 2. The second-order valence-electron chi connectivity index (χ2n) is 20.6. The first kappa shape index (κ1) is 141. The lowest BCUT2D eigenvalue weighted by molar-refractivity contribution is 0.100. The van der Waals surface area contributed by atoms with Crippen LogP contribution in [0.3, 0.4) is 0 Å². The molecule has 0 aliphatic rings. The van der Waals surface area contributed by atoms with Crippen molar-refractivity contribution in [1.82, 2.24) is 0 Å². The van der Waals surface area contributed by atoms with E-state index in [1.165, 1.54) is 73.0 Å². The molecule has 2 nitrogen and oxygen atoms in total. The van der Waals surface area contributed by atoms with E-state index < -0.39 is 0 Å². The van der Waals surface area contributed by atoms with Crippen molar-refractivity contribution in [2.24, 2.45) is 0 Å². The zero-order valence-corrected chi connectivity index (χ0v) is 84.8. The average molecular weight is 1620 g/mol. The van der Waals surface area contributed by atoms with Crippen molar-refractivity contribution >= 4 is 43.9 Å². The molecule has 0 saturated carbocycles. The molecule has 0 heterocycles. The van der Waals surface area contributed by atoms with Gasteiger partial charge < -0.3 is 0 Å². The zero-order valence-electron chi connectivity index (χ0n) is 84.8. The number of aryl methyl sites for hydroxylation is 5. The van der Waals surface area contributed by atoms with Crippen LogP contribution >= 0.6 is 0 Å². The highest BCUT2D eigenvalue weighted by Crippen LogP contribution is 2.13. The van der Waals surface area contributed by atoms with Crippen molar-refractivity contribution in [1.29, 1.82) is 0 Å². The van der Waals surface area contributed by atoms with Crippen LogP contribution in [-0.2, 0) is 0 Å². The summed E-state index contributed by atoms with van der Waals surface area (Å²) in [5.41, 5.74) is 8.16. The minimum absolute atomic E-state index is 0.121. The van der Waals surface area contributed by atoms with Crippen LogP contribution in [0, 0.1) is 34.6 Å². The summed E-state index contributed by atoms with van der Waals surface area (Å²) in [7, 11) is 0. The van der Waals surface area contributed by atoms with Crippen molar-refractivity contribution < 1.29 is 9.59 Å². The Hall–Kier alpha value is -10.0. The molecule has 666 valence electrons. The highest BCUT2D eigenvalue weighted by atomic mass is 16.1. The van der Waals surface area contributed by atoms with E-state index in [0.717, 1.165) is 11.1 Å². The van der Waals surface area contributed by atoms with Gasteiger partial charge in [-0.25, -0.2) is 0 Å². The first-order chi connectivity index (χ1) is 58.3. The summed E-state index contributed by atoms with van der Waals surface area (Å²) in [6.07, 6.45) is 2.50. The molecule has 119 heavy (non-hydrogen) atoms. The molecule has 0 radical (unpaired) electrons. The molecule has 13 rings (SSSR count). The number of carbonyl (C=O) groups excluding carboxylic acids is 2. The maximum absolute atomic E-state index is 10.6. The summed E-state index contributed by atoms with van der Waals surface area (Å²) in [6.45, 7) is 82.0. The van der Waals surface area contributed by atoms with E-state index in [1.807, 2.05) is 359 Å². The van der Waals surface area contributed by atoms with Gasteiger partial charge in [-0.05, 0) is 80.8 Å². The van der Waals surface area contributed by atoms with Crippen LogP contribution in [0.2, 0.25) is 0 Å². The molecule has 0 saturated heterocycles. The average Bonchev–Trinajstić information content (AvgIpc) is 0.877. The third-order valence-electron chi connectivity index (χ3n) is 12.0. The second-order valence-corrected chi connectivity index (χ2v) is 20.6. The van der Waals surface area contributed by atoms with Gasteiger partial charge in [0.15, 0.2) is 11.6 Å². The summed E-state index contributed by atoms with van der Waals surface area (Å²) >= 11 is 0. The Morgan fingerprint density at radius 2 is 0.227 bits per heavy atom. The first-order valence-electron chi connectivity index (χ1n) is 45.8. The Morgan fingerprint density at radius 3 is 0.286 bits per heavy atom. The van der Waals surface area contributed by atoms with Crippen LogP contribution in [0.15, 0.2) is 358 Å². The molecule has 0 spiro atoms. The number of benzene rings is 13. The summed E-state index contributed by atoms with van der Waals surface area (Å²) in [5.74, 6) is 0.242. The number of Topliss-reactive ketones (excluding diaryl/α,β-unsaturated/α-hetero) is 2. The Kier molecular flexibility index (Phi) is 159. The van der Waals surface area contributed by atoms with E-state index >= 15 is 0 Å². The Morgan fingerprint density at radius 1 is 0.151 bits per heavy atom. The van der Waals surface area contributed by atoms with Crippen LogP contribution in [0.1, 0.15) is 311 Å². The van der Waals surface area contributed by atoms with E-state index in [9.17, 15) is 9.59 Å². The van der Waals surface area contributed by atoms with Gasteiger partial charge in [-0.3, -0.25) is 9.59 Å². The molecule has 0 N–H and O–H groups in total. The Labute approximate surface area is 742 Å². The maximum atomic E-state index is 10.6. The van der Waals surface area contributed by atoms with Crippen LogP contribution < -0.4 is 0 Å². The van der Waals surface area contributed by atoms with Gasteiger partial charge in [-0.15, -0.1) is 0 Å². The number of hydrogen-bond donors (Lipinski definition) is 0. The standard InChI is InChI=1S/3C10H8.2C8H8O.5C7H8.2C3H8.15C2H6/c3*1-2-6-10-8-4-3-7-9(10)5-1;2*1-7(9)8-5-3-2-4-6-8;5*1-7-5-3-2-4-6-7;2*1-3-2;15*1-2/h3*1-8H;2*2-6H,1H3;5*2-6H,1H3;2*3H2,1-2H3;15*1-2H3. The molecule has 0 fully saturated rings. The van der Waals surface area contributed by atoms with Crippen molar-refractivity contribution in [3.05, 3.63) is 397 Å². The summed E-state index contributed by atoms with van der Waals surface area (Å²) in [5, 5.41) is 7.86. The SMILES string of the molecule is CC.CC.CC.CC.CC.CC.CC.CC.CC.CC.CC.CC.CC.CC.CC.CC(=O)c1ccccc1.CC(=O)c1ccccc1.CCC.CCC.Cc1ccccc1.Cc1ccccc1.Cc1ccccc1.Cc1ccccc1.Cc1ccccc1.c1ccc2ccccc2c1.c1ccc2ccccc2c1.c1ccc2ccccc2c1. The van der Waals surface area contributed by atoms with Gasteiger partial charge in [0.05, 0.1) is 0 Å². The number of carbonyl (C=O) groups is 2. The van der Waals surface area contributed by atoms with Gasteiger partial charge in [0.25, 0.3) is 0 Å².